The second-order valence-corrected chi connectivity index (χ2v) is 2.72. The molecule has 2 unspecified atom stereocenters. The standard InChI is InChI=1S/C4H8O5.C3H6O3/c1-2(5)4(8,9)3(6)7;1-2(4)3(5)6/h2,5,8-9H,1H3,(H,6,7);2,4H,1H3,(H,5,6). The molecule has 90 valence electrons. The second-order valence-electron chi connectivity index (χ2n) is 2.72. The average molecular weight is 226 g/mol. The van der Waals surface area contributed by atoms with Gasteiger partial charge in [-0.15, -0.1) is 0 Å². The van der Waals surface area contributed by atoms with E-state index in [4.69, 9.17) is 30.6 Å². The van der Waals surface area contributed by atoms with Crippen LogP contribution in [0.4, 0.5) is 0 Å². The van der Waals surface area contributed by atoms with Gasteiger partial charge in [0.1, 0.15) is 12.2 Å². The first-order valence-corrected chi connectivity index (χ1v) is 3.80. The Morgan fingerprint density at radius 3 is 1.33 bits per heavy atom. The van der Waals surface area contributed by atoms with Crippen LogP contribution < -0.4 is 0 Å². The van der Waals surface area contributed by atoms with Crippen LogP contribution in [0.5, 0.6) is 0 Å². The Bertz CT molecular complexity index is 219. The molecule has 0 spiro atoms. The molecule has 0 rings (SSSR count). The fraction of sp³-hybridized carbons (Fsp3) is 0.714. The van der Waals surface area contributed by atoms with E-state index in [9.17, 15) is 9.59 Å². The van der Waals surface area contributed by atoms with Crippen LogP contribution >= 0.6 is 0 Å². The van der Waals surface area contributed by atoms with E-state index in [1.54, 1.807) is 0 Å². The lowest BCUT2D eigenvalue weighted by molar-refractivity contribution is -0.232. The zero-order valence-electron chi connectivity index (χ0n) is 8.15. The molecule has 0 aliphatic heterocycles. The first-order valence-electron chi connectivity index (χ1n) is 3.80. The van der Waals surface area contributed by atoms with Crippen molar-refractivity contribution in [3.63, 3.8) is 0 Å². The average Bonchev–Trinajstić information content (AvgIpc) is 2.04. The van der Waals surface area contributed by atoms with Crippen molar-refractivity contribution in [2.24, 2.45) is 0 Å². The molecule has 0 saturated carbocycles. The largest absolute Gasteiger partial charge is 0.479 e. The molecule has 8 heteroatoms. The van der Waals surface area contributed by atoms with Crippen LogP contribution in [0.2, 0.25) is 0 Å². The Hall–Kier alpha value is -1.22. The van der Waals surface area contributed by atoms with E-state index < -0.39 is 29.9 Å². The van der Waals surface area contributed by atoms with Gasteiger partial charge in [0.05, 0.1) is 0 Å². The van der Waals surface area contributed by atoms with Crippen LogP contribution in [0.25, 0.3) is 0 Å². The number of carboxylic acids is 2. The minimum absolute atomic E-state index is 0.966. The van der Waals surface area contributed by atoms with Crippen LogP contribution in [-0.4, -0.2) is 60.6 Å². The lowest BCUT2D eigenvalue weighted by atomic mass is 10.2. The van der Waals surface area contributed by atoms with Gasteiger partial charge in [0.15, 0.2) is 0 Å². The lowest BCUT2D eigenvalue weighted by Crippen LogP contribution is -2.47. The summed E-state index contributed by atoms with van der Waals surface area (Å²) in [6.07, 6.45) is -2.93. The monoisotopic (exact) mass is 226 g/mol. The maximum absolute atomic E-state index is 9.80. The van der Waals surface area contributed by atoms with Crippen LogP contribution in [0.15, 0.2) is 0 Å². The molecule has 0 radical (unpaired) electrons. The van der Waals surface area contributed by atoms with Crippen LogP contribution in [0, 0.1) is 0 Å². The molecular formula is C7H14O8. The highest BCUT2D eigenvalue weighted by molar-refractivity contribution is 5.75. The van der Waals surface area contributed by atoms with Gasteiger partial charge in [-0.2, -0.15) is 0 Å². The molecule has 0 aromatic rings. The fourth-order valence-corrected chi connectivity index (χ4v) is 0.179. The summed E-state index contributed by atoms with van der Waals surface area (Å²) in [7, 11) is 0. The van der Waals surface area contributed by atoms with Crippen molar-refractivity contribution in [3.8, 4) is 0 Å². The van der Waals surface area contributed by atoms with Crippen molar-refractivity contribution in [1.29, 1.82) is 0 Å². The third kappa shape index (κ3) is 6.80. The van der Waals surface area contributed by atoms with Crippen molar-refractivity contribution < 1.29 is 40.2 Å². The first-order chi connectivity index (χ1) is 6.53. The molecule has 0 aromatic carbocycles. The SMILES string of the molecule is CC(O)C(=O)O.CC(O)C(O)(O)C(=O)O. The number of hydrogen-bond donors (Lipinski definition) is 6. The van der Waals surface area contributed by atoms with E-state index in [0.29, 0.717) is 0 Å². The van der Waals surface area contributed by atoms with Gasteiger partial charge in [-0.05, 0) is 13.8 Å². The van der Waals surface area contributed by atoms with E-state index in [2.05, 4.69) is 0 Å². The minimum atomic E-state index is -3.03. The van der Waals surface area contributed by atoms with Crippen molar-refractivity contribution in [2.75, 3.05) is 0 Å². The summed E-state index contributed by atoms with van der Waals surface area (Å²) in [5.74, 6) is -6.08. The number of aliphatic hydroxyl groups is 4. The van der Waals surface area contributed by atoms with E-state index in [-0.39, 0.29) is 0 Å². The molecule has 0 aliphatic rings. The number of carboxylic acid groups (broad SMARTS) is 2. The topological polar surface area (TPSA) is 156 Å². The number of carbonyl (C=O) groups is 2. The Balaban J connectivity index is 0. The molecule has 8 nitrogen and oxygen atoms in total. The zero-order chi connectivity index (χ0) is 12.8. The summed E-state index contributed by atoms with van der Waals surface area (Å²) in [6, 6.07) is 0. The molecule has 2 atom stereocenters. The minimum Gasteiger partial charge on any atom is -0.479 e. The summed E-state index contributed by atoms with van der Waals surface area (Å²) in [4.78, 5) is 19.3. The third-order valence-electron chi connectivity index (χ3n) is 1.25. The van der Waals surface area contributed by atoms with Crippen LogP contribution in [0.3, 0.4) is 0 Å². The first kappa shape index (κ1) is 16.2. The van der Waals surface area contributed by atoms with Crippen molar-refractivity contribution in [3.05, 3.63) is 0 Å². The number of rotatable bonds is 3. The van der Waals surface area contributed by atoms with Gasteiger partial charge in [0.25, 0.3) is 5.79 Å². The summed E-state index contributed by atoms with van der Waals surface area (Å²) in [5.41, 5.74) is 0. The van der Waals surface area contributed by atoms with E-state index in [1.165, 1.54) is 6.92 Å². The maximum atomic E-state index is 9.80. The summed E-state index contributed by atoms with van der Waals surface area (Å²) < 4.78 is 0. The van der Waals surface area contributed by atoms with Crippen LogP contribution in [-0.2, 0) is 9.59 Å². The van der Waals surface area contributed by atoms with Gasteiger partial charge in [0, 0.05) is 0 Å². The van der Waals surface area contributed by atoms with Crippen molar-refractivity contribution >= 4 is 11.9 Å². The summed E-state index contributed by atoms with van der Waals surface area (Å²) >= 11 is 0. The predicted octanol–water partition coefficient (Wildman–Crippen LogP) is -2.42. The highest BCUT2D eigenvalue weighted by atomic mass is 16.6. The van der Waals surface area contributed by atoms with Gasteiger partial charge in [0.2, 0.25) is 0 Å². The molecule has 0 amide bonds. The fourth-order valence-electron chi connectivity index (χ4n) is 0.179. The van der Waals surface area contributed by atoms with Gasteiger partial charge in [-0.25, -0.2) is 9.59 Å². The van der Waals surface area contributed by atoms with E-state index >= 15 is 0 Å². The molecule has 0 saturated heterocycles. The van der Waals surface area contributed by atoms with Crippen molar-refractivity contribution in [1.82, 2.24) is 0 Å². The predicted molar refractivity (Wildman–Crippen MR) is 45.8 cm³/mol. The number of aliphatic hydroxyl groups excluding tert-OH is 2. The molecule has 0 aliphatic carbocycles. The van der Waals surface area contributed by atoms with E-state index in [1.807, 2.05) is 0 Å². The maximum Gasteiger partial charge on any atom is 0.366 e. The Kier molecular flexibility index (Phi) is 6.81. The molecular weight excluding hydrogens is 212 g/mol. The highest BCUT2D eigenvalue weighted by Crippen LogP contribution is 2.04. The Morgan fingerprint density at radius 1 is 1.07 bits per heavy atom. The van der Waals surface area contributed by atoms with Gasteiger partial charge >= 0.3 is 11.9 Å². The zero-order valence-corrected chi connectivity index (χ0v) is 8.15. The Labute approximate surface area is 85.0 Å². The molecule has 0 heterocycles. The van der Waals surface area contributed by atoms with Gasteiger partial charge in [-0.1, -0.05) is 0 Å². The van der Waals surface area contributed by atoms with Gasteiger partial charge in [-0.3, -0.25) is 0 Å². The molecule has 0 bridgehead atoms. The third-order valence-corrected chi connectivity index (χ3v) is 1.25. The Morgan fingerprint density at radius 2 is 1.33 bits per heavy atom. The van der Waals surface area contributed by atoms with Crippen LogP contribution in [0.1, 0.15) is 13.8 Å². The molecule has 6 N–H and O–H groups in total. The normalized spacial score (nSPS) is 14.5. The van der Waals surface area contributed by atoms with E-state index in [0.717, 1.165) is 6.92 Å². The number of aliphatic carboxylic acids is 2. The number of hydrogen-bond acceptors (Lipinski definition) is 6. The second kappa shape index (κ2) is 6.30. The smallest absolute Gasteiger partial charge is 0.366 e. The van der Waals surface area contributed by atoms with Gasteiger partial charge < -0.3 is 30.6 Å². The lowest BCUT2D eigenvalue weighted by Gasteiger charge is -2.18. The quantitative estimate of drug-likeness (QED) is 0.290. The molecule has 15 heavy (non-hydrogen) atoms. The summed E-state index contributed by atoms with van der Waals surface area (Å²) in [5, 5.41) is 48.8. The molecule has 0 aromatic heterocycles. The highest BCUT2D eigenvalue weighted by Gasteiger charge is 2.38. The summed E-state index contributed by atoms with van der Waals surface area (Å²) in [6.45, 7) is 2.16. The molecule has 0 fully saturated rings. The van der Waals surface area contributed by atoms with Crippen molar-refractivity contribution in [2.45, 2.75) is 31.8 Å².